The molecule has 0 heterocycles. The van der Waals surface area contributed by atoms with Crippen molar-refractivity contribution in [1.82, 2.24) is 0 Å². The van der Waals surface area contributed by atoms with Crippen LogP contribution in [0.4, 0.5) is 0 Å². The van der Waals surface area contributed by atoms with Gasteiger partial charge >= 0.3 is 0 Å². The van der Waals surface area contributed by atoms with Gasteiger partial charge in [0.2, 0.25) is 0 Å². The third kappa shape index (κ3) is 0.563. The lowest BCUT2D eigenvalue weighted by atomic mass is 9.98. The van der Waals surface area contributed by atoms with E-state index in [1.54, 1.807) is 11.1 Å². The summed E-state index contributed by atoms with van der Waals surface area (Å²) in [6, 6.07) is 8.92. The second-order valence-electron chi connectivity index (χ2n) is 4.18. The second kappa shape index (κ2) is 1.52. The molecule has 0 saturated heterocycles. The van der Waals surface area contributed by atoms with Crippen molar-refractivity contribution in [2.24, 2.45) is 5.92 Å². The van der Waals surface area contributed by atoms with Gasteiger partial charge in [-0.1, -0.05) is 31.2 Å². The summed E-state index contributed by atoms with van der Waals surface area (Å²) in [5, 5.41) is 0. The van der Waals surface area contributed by atoms with Gasteiger partial charge in [0.1, 0.15) is 0 Å². The number of hydrogen-bond acceptors (Lipinski definition) is 0. The first-order valence-electron chi connectivity index (χ1n) is 4.39. The molecule has 2 aliphatic rings. The van der Waals surface area contributed by atoms with Gasteiger partial charge in [-0.15, -0.1) is 0 Å². The topological polar surface area (TPSA) is 0 Å². The van der Waals surface area contributed by atoms with E-state index in [0.29, 0.717) is 5.41 Å². The summed E-state index contributed by atoms with van der Waals surface area (Å²) in [5.41, 5.74) is 3.83. The van der Waals surface area contributed by atoms with Crippen LogP contribution in [0.1, 0.15) is 24.5 Å². The SMILES string of the molecule is CC12CC1Cc1ccccc12. The molecule has 0 aliphatic heterocycles. The minimum Gasteiger partial charge on any atom is -0.0620 e. The highest BCUT2D eigenvalue weighted by atomic mass is 14.6. The summed E-state index contributed by atoms with van der Waals surface area (Å²) in [7, 11) is 0. The Morgan fingerprint density at radius 3 is 3.00 bits per heavy atom. The Bertz CT molecular complexity index is 314. The molecule has 1 fully saturated rings. The lowest BCUT2D eigenvalue weighted by Gasteiger charge is -2.07. The molecule has 11 heavy (non-hydrogen) atoms. The average Bonchev–Trinajstić information content (AvgIpc) is 2.57. The van der Waals surface area contributed by atoms with Crippen molar-refractivity contribution in [2.45, 2.75) is 25.2 Å². The second-order valence-corrected chi connectivity index (χ2v) is 4.18. The first kappa shape index (κ1) is 5.82. The number of fused-ring (bicyclic) bond motifs is 3. The van der Waals surface area contributed by atoms with Crippen LogP contribution in [0.5, 0.6) is 0 Å². The van der Waals surface area contributed by atoms with Crippen molar-refractivity contribution < 1.29 is 0 Å². The standard InChI is InChI=1S/C11H12/c1-11-7-9(11)6-8-4-2-3-5-10(8)11/h2-5,9H,6-7H2,1H3. The first-order chi connectivity index (χ1) is 5.31. The lowest BCUT2D eigenvalue weighted by Crippen LogP contribution is -1.98. The van der Waals surface area contributed by atoms with Gasteiger partial charge in [0.05, 0.1) is 0 Å². The Kier molecular flexibility index (Phi) is 0.806. The molecule has 2 unspecified atom stereocenters. The molecule has 0 nitrogen and oxygen atoms in total. The maximum atomic E-state index is 2.41. The Morgan fingerprint density at radius 2 is 2.18 bits per heavy atom. The van der Waals surface area contributed by atoms with Gasteiger partial charge in [-0.3, -0.25) is 0 Å². The van der Waals surface area contributed by atoms with Crippen LogP contribution in [0.15, 0.2) is 24.3 Å². The summed E-state index contributed by atoms with van der Waals surface area (Å²) in [6.45, 7) is 2.41. The van der Waals surface area contributed by atoms with E-state index in [1.807, 2.05) is 0 Å². The molecule has 1 aromatic carbocycles. The summed E-state index contributed by atoms with van der Waals surface area (Å²) in [5.74, 6) is 0.986. The predicted molar refractivity (Wildman–Crippen MR) is 45.6 cm³/mol. The molecule has 0 spiro atoms. The van der Waals surface area contributed by atoms with E-state index in [-0.39, 0.29) is 0 Å². The summed E-state index contributed by atoms with van der Waals surface area (Å²) >= 11 is 0. The van der Waals surface area contributed by atoms with E-state index in [9.17, 15) is 0 Å². The largest absolute Gasteiger partial charge is 0.0620 e. The molecular formula is C11H12. The zero-order valence-electron chi connectivity index (χ0n) is 6.80. The highest BCUT2D eigenvalue weighted by Crippen LogP contribution is 2.61. The maximum Gasteiger partial charge on any atom is -0.00378 e. The molecule has 2 atom stereocenters. The fraction of sp³-hybridized carbons (Fsp3) is 0.455. The lowest BCUT2D eigenvalue weighted by molar-refractivity contribution is 0.720. The Labute approximate surface area is 67.2 Å². The normalized spacial score (nSPS) is 38.1. The summed E-state index contributed by atoms with van der Waals surface area (Å²) in [6.07, 6.45) is 2.77. The zero-order chi connectivity index (χ0) is 7.47. The molecule has 3 rings (SSSR count). The molecule has 56 valence electrons. The molecule has 2 aliphatic carbocycles. The number of hydrogen-bond donors (Lipinski definition) is 0. The number of benzene rings is 1. The van der Waals surface area contributed by atoms with E-state index in [4.69, 9.17) is 0 Å². The van der Waals surface area contributed by atoms with Crippen LogP contribution in [-0.4, -0.2) is 0 Å². The fourth-order valence-electron chi connectivity index (χ4n) is 2.60. The van der Waals surface area contributed by atoms with E-state index in [1.165, 1.54) is 12.8 Å². The van der Waals surface area contributed by atoms with Gasteiger partial charge in [0.25, 0.3) is 0 Å². The van der Waals surface area contributed by atoms with Crippen molar-refractivity contribution in [2.75, 3.05) is 0 Å². The highest BCUT2D eigenvalue weighted by Gasteiger charge is 2.55. The predicted octanol–water partition coefficient (Wildman–Crippen LogP) is 2.52. The smallest absolute Gasteiger partial charge is 0.00378 e. The summed E-state index contributed by atoms with van der Waals surface area (Å²) in [4.78, 5) is 0. The van der Waals surface area contributed by atoms with Gasteiger partial charge in [0, 0.05) is 0 Å². The van der Waals surface area contributed by atoms with Crippen molar-refractivity contribution in [1.29, 1.82) is 0 Å². The van der Waals surface area contributed by atoms with Crippen LogP contribution in [0.2, 0.25) is 0 Å². The molecule has 0 N–H and O–H groups in total. The minimum absolute atomic E-state index is 0.594. The third-order valence-electron chi connectivity index (χ3n) is 3.51. The zero-order valence-corrected chi connectivity index (χ0v) is 6.80. The maximum absolute atomic E-state index is 2.41. The monoisotopic (exact) mass is 144 g/mol. The number of rotatable bonds is 0. The quantitative estimate of drug-likeness (QED) is 0.525. The van der Waals surface area contributed by atoms with Crippen molar-refractivity contribution >= 4 is 0 Å². The van der Waals surface area contributed by atoms with Crippen LogP contribution >= 0.6 is 0 Å². The van der Waals surface area contributed by atoms with Crippen molar-refractivity contribution in [3.8, 4) is 0 Å². The molecule has 0 bridgehead atoms. The van der Waals surface area contributed by atoms with E-state index in [2.05, 4.69) is 31.2 Å². The molecular weight excluding hydrogens is 132 g/mol. The fourth-order valence-corrected chi connectivity index (χ4v) is 2.60. The first-order valence-corrected chi connectivity index (χ1v) is 4.39. The van der Waals surface area contributed by atoms with Gasteiger partial charge in [-0.2, -0.15) is 0 Å². The molecule has 0 heteroatoms. The van der Waals surface area contributed by atoms with E-state index in [0.717, 1.165) is 5.92 Å². The van der Waals surface area contributed by atoms with Gasteiger partial charge < -0.3 is 0 Å². The van der Waals surface area contributed by atoms with Gasteiger partial charge in [0.15, 0.2) is 0 Å². The van der Waals surface area contributed by atoms with Gasteiger partial charge in [-0.25, -0.2) is 0 Å². The van der Waals surface area contributed by atoms with Crippen LogP contribution in [0.25, 0.3) is 0 Å². The van der Waals surface area contributed by atoms with Crippen LogP contribution in [0.3, 0.4) is 0 Å². The molecule has 0 radical (unpaired) electrons. The summed E-state index contributed by atoms with van der Waals surface area (Å²) < 4.78 is 0. The Hall–Kier alpha value is -0.780. The van der Waals surface area contributed by atoms with Crippen molar-refractivity contribution in [3.63, 3.8) is 0 Å². The molecule has 0 amide bonds. The van der Waals surface area contributed by atoms with E-state index < -0.39 is 0 Å². The minimum atomic E-state index is 0.594. The Balaban J connectivity index is 2.24. The van der Waals surface area contributed by atoms with Crippen LogP contribution < -0.4 is 0 Å². The average molecular weight is 144 g/mol. The highest BCUT2D eigenvalue weighted by molar-refractivity contribution is 5.46. The van der Waals surface area contributed by atoms with Gasteiger partial charge in [-0.05, 0) is 35.3 Å². The van der Waals surface area contributed by atoms with E-state index >= 15 is 0 Å². The molecule has 0 aromatic heterocycles. The molecule has 1 aromatic rings. The third-order valence-corrected chi connectivity index (χ3v) is 3.51. The van der Waals surface area contributed by atoms with Crippen LogP contribution in [0, 0.1) is 5.92 Å². The molecule has 1 saturated carbocycles. The van der Waals surface area contributed by atoms with Crippen LogP contribution in [-0.2, 0) is 11.8 Å². The Morgan fingerprint density at radius 1 is 1.36 bits per heavy atom. The van der Waals surface area contributed by atoms with Crippen molar-refractivity contribution in [3.05, 3.63) is 35.4 Å².